The Balaban J connectivity index is 1.48. The molecule has 1 aliphatic carbocycles. The van der Waals surface area contributed by atoms with Crippen molar-refractivity contribution in [2.75, 3.05) is 13.1 Å². The van der Waals surface area contributed by atoms with Crippen LogP contribution in [0.5, 0.6) is 0 Å². The van der Waals surface area contributed by atoms with Gasteiger partial charge in [-0.1, -0.05) is 0 Å². The van der Waals surface area contributed by atoms with Gasteiger partial charge in [-0.05, 0) is 25.7 Å². The fraction of sp³-hybridized carbons (Fsp3) is 0.667. The Bertz CT molecular complexity index is 822. The van der Waals surface area contributed by atoms with E-state index in [2.05, 4.69) is 15.6 Å². The van der Waals surface area contributed by atoms with E-state index in [1.54, 1.807) is 6.92 Å². The van der Waals surface area contributed by atoms with Gasteiger partial charge >= 0.3 is 5.69 Å². The normalized spacial score (nSPS) is 23.0. The number of amides is 2. The lowest BCUT2D eigenvalue weighted by Crippen LogP contribution is -2.60. The summed E-state index contributed by atoms with van der Waals surface area (Å²) in [6, 6.07) is 0.632. The van der Waals surface area contributed by atoms with Crippen molar-refractivity contribution in [2.45, 2.75) is 57.2 Å². The number of carbonyl (C=O) groups is 2. The molecule has 2 fully saturated rings. The average molecular weight is 377 g/mol. The van der Waals surface area contributed by atoms with Gasteiger partial charge in [-0.3, -0.25) is 19.0 Å². The summed E-state index contributed by atoms with van der Waals surface area (Å²) in [5, 5.41) is 6.58. The maximum absolute atomic E-state index is 12.3. The summed E-state index contributed by atoms with van der Waals surface area (Å²) in [6.45, 7) is 3.14. The zero-order valence-corrected chi connectivity index (χ0v) is 15.8. The topological polar surface area (TPSA) is 116 Å². The summed E-state index contributed by atoms with van der Waals surface area (Å²) in [6.07, 6.45) is 5.00. The quantitative estimate of drug-likeness (QED) is 0.600. The molecule has 27 heavy (non-hydrogen) atoms. The largest absolute Gasteiger partial charge is 0.352 e. The number of H-pyrrole nitrogens is 1. The van der Waals surface area contributed by atoms with Crippen LogP contribution in [0.1, 0.15) is 38.2 Å². The molecule has 2 aliphatic rings. The van der Waals surface area contributed by atoms with Crippen molar-refractivity contribution in [1.82, 2.24) is 25.1 Å². The highest BCUT2D eigenvalue weighted by Crippen LogP contribution is 2.22. The maximum atomic E-state index is 12.3. The summed E-state index contributed by atoms with van der Waals surface area (Å²) in [5.74, 6) is -0.0994. The molecular formula is C18H27N5O4. The third-order valence-corrected chi connectivity index (χ3v) is 5.62. The van der Waals surface area contributed by atoms with Crippen LogP contribution in [0.25, 0.3) is 0 Å². The van der Waals surface area contributed by atoms with E-state index in [4.69, 9.17) is 0 Å². The second kappa shape index (κ2) is 8.08. The van der Waals surface area contributed by atoms with Crippen molar-refractivity contribution in [1.29, 1.82) is 0 Å². The number of likely N-dealkylation sites (tertiary alicyclic amines) is 1. The third kappa shape index (κ3) is 4.47. The Morgan fingerprint density at radius 2 is 1.81 bits per heavy atom. The van der Waals surface area contributed by atoms with Gasteiger partial charge in [0.15, 0.2) is 0 Å². The van der Waals surface area contributed by atoms with Crippen LogP contribution in [0.2, 0.25) is 0 Å². The van der Waals surface area contributed by atoms with Gasteiger partial charge < -0.3 is 20.5 Å². The zero-order valence-electron chi connectivity index (χ0n) is 15.8. The number of hydrogen-bond donors (Lipinski definition) is 3. The molecule has 0 spiro atoms. The Morgan fingerprint density at radius 1 is 1.15 bits per heavy atom. The van der Waals surface area contributed by atoms with Crippen LogP contribution < -0.4 is 21.9 Å². The number of rotatable bonds is 5. The van der Waals surface area contributed by atoms with Crippen LogP contribution in [0.4, 0.5) is 0 Å². The number of nitrogens with zero attached hydrogens (tertiary/aromatic N) is 2. The van der Waals surface area contributed by atoms with Crippen LogP contribution in [0.15, 0.2) is 15.8 Å². The van der Waals surface area contributed by atoms with Crippen molar-refractivity contribution >= 4 is 11.8 Å². The van der Waals surface area contributed by atoms with Crippen LogP contribution in [-0.2, 0) is 23.1 Å². The fourth-order valence-electron chi connectivity index (χ4n) is 3.71. The minimum Gasteiger partial charge on any atom is -0.352 e. The summed E-state index contributed by atoms with van der Waals surface area (Å²) in [4.78, 5) is 51.4. The summed E-state index contributed by atoms with van der Waals surface area (Å²) in [5.41, 5.74) is -0.673. The Labute approximate surface area is 157 Å². The number of aromatic amines is 1. The van der Waals surface area contributed by atoms with Crippen LogP contribution >= 0.6 is 0 Å². The van der Waals surface area contributed by atoms with Crippen LogP contribution in [0, 0.1) is 0 Å². The van der Waals surface area contributed by atoms with Gasteiger partial charge in [0.2, 0.25) is 11.8 Å². The van der Waals surface area contributed by atoms with Gasteiger partial charge in [0.25, 0.3) is 5.56 Å². The SMILES string of the molecule is CC(=O)N1CCC(N[C@H]2CC[C@H]2NC(=O)Cc2c[nH]c(=O)n(C)c2=O)CC1. The highest BCUT2D eigenvalue weighted by atomic mass is 16.2. The molecule has 0 aromatic carbocycles. The number of carbonyl (C=O) groups excluding carboxylic acids is 2. The third-order valence-electron chi connectivity index (χ3n) is 5.62. The molecule has 3 N–H and O–H groups in total. The lowest BCUT2D eigenvalue weighted by molar-refractivity contribution is -0.130. The van der Waals surface area contributed by atoms with Crippen molar-refractivity contribution in [3.8, 4) is 0 Å². The molecule has 0 bridgehead atoms. The first kappa shape index (κ1) is 19.3. The molecule has 148 valence electrons. The monoisotopic (exact) mass is 377 g/mol. The van der Waals surface area contributed by atoms with Gasteiger partial charge in [0.05, 0.1) is 6.42 Å². The van der Waals surface area contributed by atoms with Crippen molar-refractivity contribution in [3.63, 3.8) is 0 Å². The summed E-state index contributed by atoms with van der Waals surface area (Å²) in [7, 11) is 1.38. The molecule has 1 aromatic heterocycles. The smallest absolute Gasteiger partial charge is 0.328 e. The predicted molar refractivity (Wildman–Crippen MR) is 99.4 cm³/mol. The molecule has 1 aromatic rings. The fourth-order valence-corrected chi connectivity index (χ4v) is 3.71. The number of piperidine rings is 1. The Hall–Kier alpha value is -2.42. The van der Waals surface area contributed by atoms with E-state index in [0.29, 0.717) is 6.04 Å². The number of nitrogens with one attached hydrogen (secondary N) is 3. The minimum atomic E-state index is -0.497. The molecule has 1 aliphatic heterocycles. The highest BCUT2D eigenvalue weighted by molar-refractivity contribution is 5.78. The minimum absolute atomic E-state index is 0.0509. The van der Waals surface area contributed by atoms with E-state index in [1.807, 2.05) is 4.90 Å². The first-order chi connectivity index (χ1) is 12.8. The average Bonchev–Trinajstić information content (AvgIpc) is 2.64. The molecule has 2 atom stereocenters. The maximum Gasteiger partial charge on any atom is 0.328 e. The molecular weight excluding hydrogens is 350 g/mol. The van der Waals surface area contributed by atoms with Crippen molar-refractivity contribution in [2.24, 2.45) is 7.05 Å². The van der Waals surface area contributed by atoms with Gasteiger partial charge in [-0.2, -0.15) is 0 Å². The van der Waals surface area contributed by atoms with E-state index < -0.39 is 11.2 Å². The lowest BCUT2D eigenvalue weighted by Gasteiger charge is -2.42. The Morgan fingerprint density at radius 3 is 2.41 bits per heavy atom. The standard InChI is InChI=1S/C18H27N5O4/c1-11(24)23-7-5-13(6-8-23)20-14-3-4-15(14)21-16(25)9-12-10-19-18(27)22(2)17(12)26/h10,13-15,20H,3-9H2,1-2H3,(H,19,27)(H,21,25)/t14-,15+/m0/s1. The molecule has 2 heterocycles. The molecule has 3 rings (SSSR count). The Kier molecular flexibility index (Phi) is 5.79. The molecule has 2 amide bonds. The van der Waals surface area contributed by atoms with Gasteiger partial charge in [0.1, 0.15) is 0 Å². The van der Waals surface area contributed by atoms with Crippen molar-refractivity contribution < 1.29 is 9.59 Å². The van der Waals surface area contributed by atoms with E-state index >= 15 is 0 Å². The molecule has 1 saturated heterocycles. The van der Waals surface area contributed by atoms with Gasteiger partial charge in [0, 0.05) is 56.9 Å². The predicted octanol–water partition coefficient (Wildman–Crippen LogP) is -1.14. The van der Waals surface area contributed by atoms with E-state index in [9.17, 15) is 19.2 Å². The van der Waals surface area contributed by atoms with Gasteiger partial charge in [-0.25, -0.2) is 4.79 Å². The molecule has 0 unspecified atom stereocenters. The van der Waals surface area contributed by atoms with E-state index in [-0.39, 0.29) is 35.9 Å². The highest BCUT2D eigenvalue weighted by Gasteiger charge is 2.34. The van der Waals surface area contributed by atoms with E-state index in [0.717, 1.165) is 43.3 Å². The second-order valence-corrected chi connectivity index (χ2v) is 7.46. The lowest BCUT2D eigenvalue weighted by atomic mass is 9.84. The molecule has 9 nitrogen and oxygen atoms in total. The molecule has 0 radical (unpaired) electrons. The van der Waals surface area contributed by atoms with Crippen LogP contribution in [-0.4, -0.2) is 57.5 Å². The van der Waals surface area contributed by atoms with Gasteiger partial charge in [-0.15, -0.1) is 0 Å². The molecule has 9 heteroatoms. The second-order valence-electron chi connectivity index (χ2n) is 7.46. The van der Waals surface area contributed by atoms with Crippen molar-refractivity contribution in [3.05, 3.63) is 32.6 Å². The zero-order chi connectivity index (χ0) is 19.6. The first-order valence-electron chi connectivity index (χ1n) is 9.43. The summed E-state index contributed by atoms with van der Waals surface area (Å²) >= 11 is 0. The van der Waals surface area contributed by atoms with E-state index in [1.165, 1.54) is 13.2 Å². The summed E-state index contributed by atoms with van der Waals surface area (Å²) < 4.78 is 0.962. The number of hydrogen-bond acceptors (Lipinski definition) is 5. The first-order valence-corrected chi connectivity index (χ1v) is 9.43. The molecule has 1 saturated carbocycles. The van der Waals surface area contributed by atoms with Crippen LogP contribution in [0.3, 0.4) is 0 Å². The number of aromatic nitrogens is 2.